The van der Waals surface area contributed by atoms with Crippen molar-refractivity contribution in [2.75, 3.05) is 0 Å². The molecule has 0 bridgehead atoms. The van der Waals surface area contributed by atoms with Gasteiger partial charge in [0.1, 0.15) is 5.84 Å². The smallest absolute Gasteiger partial charge is 0.154 e. The average molecular weight is 225 g/mol. The molecule has 0 unspecified atom stereocenters. The van der Waals surface area contributed by atoms with Crippen LogP contribution in [0.25, 0.3) is 0 Å². The predicted molar refractivity (Wildman–Crippen MR) is 71.4 cm³/mol. The molecule has 17 heavy (non-hydrogen) atoms. The summed E-state index contributed by atoms with van der Waals surface area (Å²) in [7, 11) is 0. The maximum absolute atomic E-state index is 7.87. The summed E-state index contributed by atoms with van der Waals surface area (Å²) < 4.78 is 0. The molecule has 0 spiro atoms. The quantitative estimate of drug-likeness (QED) is 0.590. The van der Waals surface area contributed by atoms with Crippen LogP contribution in [-0.4, -0.2) is 11.7 Å². The lowest BCUT2D eigenvalue weighted by atomic mass is 10.0. The second-order valence-electron chi connectivity index (χ2n) is 3.87. The fourth-order valence-electron chi connectivity index (χ4n) is 1.67. The van der Waals surface area contributed by atoms with Gasteiger partial charge in [-0.25, -0.2) is 4.99 Å². The number of nitrogens with one attached hydrogen (secondary N) is 1. The van der Waals surface area contributed by atoms with Gasteiger partial charge in [0.15, 0.2) is 5.84 Å². The van der Waals surface area contributed by atoms with Crippen LogP contribution in [0.1, 0.15) is 18.4 Å². The Hall–Kier alpha value is -2.16. The van der Waals surface area contributed by atoms with E-state index in [2.05, 4.69) is 11.1 Å². The van der Waals surface area contributed by atoms with Gasteiger partial charge in [-0.15, -0.1) is 0 Å². The Balaban J connectivity index is 2.17. The molecular formula is C14H15N3. The van der Waals surface area contributed by atoms with Crippen LogP contribution in [-0.2, 0) is 0 Å². The highest BCUT2D eigenvalue weighted by atomic mass is 14.9. The number of hydrogen-bond acceptors (Lipinski definition) is 1. The van der Waals surface area contributed by atoms with E-state index in [1.54, 1.807) is 0 Å². The van der Waals surface area contributed by atoms with Gasteiger partial charge in [0.05, 0.1) is 0 Å². The second-order valence-corrected chi connectivity index (χ2v) is 3.87. The molecule has 3 heteroatoms. The van der Waals surface area contributed by atoms with Crippen molar-refractivity contribution in [2.24, 2.45) is 10.7 Å². The zero-order chi connectivity index (χ0) is 12.1. The zero-order valence-corrected chi connectivity index (χ0v) is 9.56. The SMILES string of the molecule is N=C(/N=C(\N)C1=CC=CCC1)c1ccccc1. The van der Waals surface area contributed by atoms with Crippen LogP contribution in [0.5, 0.6) is 0 Å². The number of nitrogens with two attached hydrogens (primary N) is 1. The van der Waals surface area contributed by atoms with Crippen LogP contribution in [0.4, 0.5) is 0 Å². The Bertz CT molecular complexity index is 495. The third kappa shape index (κ3) is 2.91. The molecule has 0 atom stereocenters. The molecule has 0 heterocycles. The van der Waals surface area contributed by atoms with Crippen LogP contribution >= 0.6 is 0 Å². The predicted octanol–water partition coefficient (Wildman–Crippen LogP) is 2.65. The summed E-state index contributed by atoms with van der Waals surface area (Å²) in [6, 6.07) is 9.40. The van der Waals surface area contributed by atoms with Gasteiger partial charge in [0.25, 0.3) is 0 Å². The maximum Gasteiger partial charge on any atom is 0.154 e. The minimum atomic E-state index is 0.207. The molecule has 3 nitrogen and oxygen atoms in total. The van der Waals surface area contributed by atoms with E-state index in [-0.39, 0.29) is 5.84 Å². The molecule has 1 aliphatic carbocycles. The number of hydrogen-bond donors (Lipinski definition) is 2. The fourth-order valence-corrected chi connectivity index (χ4v) is 1.67. The van der Waals surface area contributed by atoms with E-state index in [1.165, 1.54) is 0 Å². The number of allylic oxidation sites excluding steroid dienone is 3. The summed E-state index contributed by atoms with van der Waals surface area (Å²) in [6.45, 7) is 0. The molecule has 1 aromatic rings. The van der Waals surface area contributed by atoms with Gasteiger partial charge < -0.3 is 5.73 Å². The molecule has 1 aliphatic rings. The van der Waals surface area contributed by atoms with E-state index >= 15 is 0 Å². The normalized spacial score (nSPS) is 15.5. The summed E-state index contributed by atoms with van der Waals surface area (Å²) >= 11 is 0. The van der Waals surface area contributed by atoms with Gasteiger partial charge in [-0.2, -0.15) is 0 Å². The van der Waals surface area contributed by atoms with Crippen molar-refractivity contribution in [3.8, 4) is 0 Å². The van der Waals surface area contributed by atoms with Crippen LogP contribution in [0.2, 0.25) is 0 Å². The van der Waals surface area contributed by atoms with Gasteiger partial charge in [-0.05, 0) is 18.4 Å². The van der Waals surface area contributed by atoms with Crippen LogP contribution in [0, 0.1) is 5.41 Å². The van der Waals surface area contributed by atoms with Crippen molar-refractivity contribution >= 4 is 11.7 Å². The van der Waals surface area contributed by atoms with E-state index in [1.807, 2.05) is 42.5 Å². The minimum Gasteiger partial charge on any atom is -0.383 e. The summed E-state index contributed by atoms with van der Waals surface area (Å²) in [5.41, 5.74) is 7.68. The lowest BCUT2D eigenvalue weighted by Gasteiger charge is -2.08. The monoisotopic (exact) mass is 225 g/mol. The Kier molecular flexibility index (Phi) is 3.50. The highest BCUT2D eigenvalue weighted by Gasteiger charge is 2.06. The first-order valence-corrected chi connectivity index (χ1v) is 5.61. The van der Waals surface area contributed by atoms with E-state index in [0.717, 1.165) is 24.0 Å². The standard InChI is InChI=1S/C14H15N3/c15-13(11-7-3-1-4-8-11)17-14(16)12-9-5-2-6-10-12/h1-5,7-9H,6,10H2,(H3,15,16,17). The van der Waals surface area contributed by atoms with Crippen LogP contribution in [0.15, 0.2) is 59.1 Å². The zero-order valence-electron chi connectivity index (χ0n) is 9.56. The fraction of sp³-hybridized carbons (Fsp3) is 0.143. The maximum atomic E-state index is 7.87. The molecule has 0 aliphatic heterocycles. The molecule has 1 aromatic carbocycles. The summed E-state index contributed by atoms with van der Waals surface area (Å²) in [6.07, 6.45) is 7.92. The highest BCUT2D eigenvalue weighted by Crippen LogP contribution is 2.12. The van der Waals surface area contributed by atoms with E-state index < -0.39 is 0 Å². The van der Waals surface area contributed by atoms with E-state index in [4.69, 9.17) is 11.1 Å². The molecule has 0 saturated carbocycles. The molecular weight excluding hydrogens is 210 g/mol. The van der Waals surface area contributed by atoms with Gasteiger partial charge in [0, 0.05) is 5.56 Å². The van der Waals surface area contributed by atoms with Crippen molar-refractivity contribution in [3.63, 3.8) is 0 Å². The Morgan fingerprint density at radius 1 is 1.24 bits per heavy atom. The lowest BCUT2D eigenvalue weighted by molar-refractivity contribution is 1.000. The van der Waals surface area contributed by atoms with Gasteiger partial charge in [-0.3, -0.25) is 5.41 Å². The largest absolute Gasteiger partial charge is 0.383 e. The molecule has 86 valence electrons. The van der Waals surface area contributed by atoms with Crippen LogP contribution in [0.3, 0.4) is 0 Å². The molecule has 0 fully saturated rings. The second kappa shape index (κ2) is 5.25. The van der Waals surface area contributed by atoms with E-state index in [9.17, 15) is 0 Å². The number of nitrogens with zero attached hydrogens (tertiary/aromatic N) is 1. The molecule has 0 aromatic heterocycles. The number of aliphatic imine (C=N–C) groups is 1. The van der Waals surface area contributed by atoms with E-state index in [0.29, 0.717) is 5.84 Å². The van der Waals surface area contributed by atoms with Gasteiger partial charge >= 0.3 is 0 Å². The number of benzene rings is 1. The third-order valence-corrected chi connectivity index (χ3v) is 2.62. The van der Waals surface area contributed by atoms with Crippen molar-refractivity contribution in [1.29, 1.82) is 5.41 Å². The summed E-state index contributed by atoms with van der Waals surface area (Å²) in [5, 5.41) is 7.87. The Labute approximate surface area is 101 Å². The van der Waals surface area contributed by atoms with Gasteiger partial charge in [0.2, 0.25) is 0 Å². The lowest BCUT2D eigenvalue weighted by Crippen LogP contribution is -2.18. The van der Waals surface area contributed by atoms with Crippen molar-refractivity contribution < 1.29 is 0 Å². The Morgan fingerprint density at radius 2 is 2.00 bits per heavy atom. The molecule has 3 N–H and O–H groups in total. The third-order valence-electron chi connectivity index (χ3n) is 2.62. The molecule has 0 saturated heterocycles. The molecule has 2 rings (SSSR count). The minimum absolute atomic E-state index is 0.207. The van der Waals surface area contributed by atoms with Crippen molar-refractivity contribution in [2.45, 2.75) is 12.8 Å². The summed E-state index contributed by atoms with van der Waals surface area (Å²) in [4.78, 5) is 4.15. The van der Waals surface area contributed by atoms with Gasteiger partial charge in [-0.1, -0.05) is 48.6 Å². The Morgan fingerprint density at radius 3 is 2.65 bits per heavy atom. The van der Waals surface area contributed by atoms with Crippen molar-refractivity contribution in [1.82, 2.24) is 0 Å². The first kappa shape index (κ1) is 11.3. The van der Waals surface area contributed by atoms with Crippen molar-refractivity contribution in [3.05, 3.63) is 59.7 Å². The summed E-state index contributed by atoms with van der Waals surface area (Å²) in [5.74, 6) is 0.654. The first-order chi connectivity index (χ1) is 8.27. The average Bonchev–Trinajstić information content (AvgIpc) is 2.40. The highest BCUT2D eigenvalue weighted by molar-refractivity contribution is 6.09. The number of rotatable bonds is 2. The topological polar surface area (TPSA) is 62.2 Å². The number of amidine groups is 2. The molecule has 0 amide bonds. The molecule has 0 radical (unpaired) electrons. The van der Waals surface area contributed by atoms with Crippen LogP contribution < -0.4 is 5.73 Å². The first-order valence-electron chi connectivity index (χ1n) is 5.61.